The molecular weight excluding hydrogens is 445 g/mol. The lowest BCUT2D eigenvalue weighted by Crippen LogP contribution is -2.37. The Hall–Kier alpha value is -2.07. The molecule has 1 aliphatic heterocycles. The standard InChI is InChI=1S/C18H23N5O2.HI/c1-24-16-6-4-15(5-7-16)22-18(19)21-13-14-3-2-8-20-17(14)23-9-11-25-12-10-23;/h2-8H,9-13H2,1H3,(H3,19,21,22);1H. The van der Waals surface area contributed by atoms with Crippen molar-refractivity contribution in [3.8, 4) is 5.75 Å². The number of methoxy groups -OCH3 is 1. The van der Waals surface area contributed by atoms with Crippen molar-refractivity contribution in [3.05, 3.63) is 48.2 Å². The van der Waals surface area contributed by atoms with Crippen LogP contribution in [-0.4, -0.2) is 44.4 Å². The lowest BCUT2D eigenvalue weighted by Gasteiger charge is -2.29. The second-order valence-corrected chi connectivity index (χ2v) is 5.64. The Morgan fingerprint density at radius 3 is 2.69 bits per heavy atom. The lowest BCUT2D eigenvalue weighted by molar-refractivity contribution is 0.122. The number of anilines is 2. The van der Waals surface area contributed by atoms with Crippen molar-refractivity contribution in [2.75, 3.05) is 43.6 Å². The molecule has 0 atom stereocenters. The number of pyridine rings is 1. The molecule has 140 valence electrons. The Kier molecular flexibility index (Phi) is 7.92. The van der Waals surface area contributed by atoms with E-state index in [1.807, 2.05) is 36.4 Å². The van der Waals surface area contributed by atoms with Gasteiger partial charge in [0.1, 0.15) is 11.6 Å². The highest BCUT2D eigenvalue weighted by atomic mass is 127. The van der Waals surface area contributed by atoms with Crippen LogP contribution in [0.25, 0.3) is 0 Å². The van der Waals surface area contributed by atoms with Crippen LogP contribution in [0, 0.1) is 0 Å². The van der Waals surface area contributed by atoms with E-state index in [4.69, 9.17) is 15.2 Å². The molecule has 0 bridgehead atoms. The van der Waals surface area contributed by atoms with Crippen LogP contribution in [0.15, 0.2) is 47.6 Å². The molecule has 1 aromatic carbocycles. The van der Waals surface area contributed by atoms with Crippen LogP contribution in [-0.2, 0) is 11.3 Å². The third-order valence-corrected chi connectivity index (χ3v) is 3.96. The van der Waals surface area contributed by atoms with Gasteiger partial charge in [0.25, 0.3) is 0 Å². The quantitative estimate of drug-likeness (QED) is 0.398. The second-order valence-electron chi connectivity index (χ2n) is 5.64. The van der Waals surface area contributed by atoms with Gasteiger partial charge in [0.05, 0.1) is 26.9 Å². The number of aliphatic imine (C=N–C) groups is 1. The number of guanidine groups is 1. The zero-order valence-corrected chi connectivity index (χ0v) is 17.1. The summed E-state index contributed by atoms with van der Waals surface area (Å²) in [6, 6.07) is 11.5. The molecule has 3 N–H and O–H groups in total. The number of ether oxygens (including phenoxy) is 2. The van der Waals surface area contributed by atoms with E-state index in [-0.39, 0.29) is 24.0 Å². The minimum atomic E-state index is 0. The minimum absolute atomic E-state index is 0. The van der Waals surface area contributed by atoms with E-state index < -0.39 is 0 Å². The number of halogens is 1. The van der Waals surface area contributed by atoms with Crippen molar-refractivity contribution in [2.45, 2.75) is 6.54 Å². The van der Waals surface area contributed by atoms with E-state index in [0.29, 0.717) is 12.5 Å². The Morgan fingerprint density at radius 1 is 1.27 bits per heavy atom. The number of nitrogens with two attached hydrogens (primary N) is 1. The number of aromatic nitrogens is 1. The van der Waals surface area contributed by atoms with E-state index >= 15 is 0 Å². The van der Waals surface area contributed by atoms with Crippen molar-refractivity contribution in [3.63, 3.8) is 0 Å². The summed E-state index contributed by atoms with van der Waals surface area (Å²) in [5, 5.41) is 3.08. The van der Waals surface area contributed by atoms with E-state index in [1.54, 1.807) is 13.3 Å². The molecule has 0 unspecified atom stereocenters. The van der Waals surface area contributed by atoms with Crippen LogP contribution in [0.1, 0.15) is 5.56 Å². The van der Waals surface area contributed by atoms with Gasteiger partial charge in [-0.05, 0) is 30.3 Å². The van der Waals surface area contributed by atoms with Crippen molar-refractivity contribution in [1.82, 2.24) is 4.98 Å². The maximum absolute atomic E-state index is 6.01. The number of hydrogen-bond acceptors (Lipinski definition) is 5. The van der Waals surface area contributed by atoms with Crippen LogP contribution >= 0.6 is 24.0 Å². The first-order valence-corrected chi connectivity index (χ1v) is 8.24. The molecule has 0 radical (unpaired) electrons. The average molecular weight is 469 g/mol. The molecule has 0 saturated carbocycles. The third-order valence-electron chi connectivity index (χ3n) is 3.96. The maximum Gasteiger partial charge on any atom is 0.193 e. The number of rotatable bonds is 5. The van der Waals surface area contributed by atoms with Crippen LogP contribution in [0.5, 0.6) is 5.75 Å². The normalized spacial score (nSPS) is 14.5. The number of hydrogen-bond donors (Lipinski definition) is 2. The molecule has 1 fully saturated rings. The molecule has 7 nitrogen and oxygen atoms in total. The van der Waals surface area contributed by atoms with Gasteiger partial charge in [0.2, 0.25) is 0 Å². The summed E-state index contributed by atoms with van der Waals surface area (Å²) in [5.74, 6) is 2.11. The summed E-state index contributed by atoms with van der Waals surface area (Å²) < 4.78 is 10.5. The molecule has 0 aliphatic carbocycles. The number of nitrogens with zero attached hydrogens (tertiary/aromatic N) is 3. The second kappa shape index (κ2) is 10.2. The van der Waals surface area contributed by atoms with Gasteiger partial charge < -0.3 is 25.4 Å². The topological polar surface area (TPSA) is 85.0 Å². The maximum atomic E-state index is 6.01. The zero-order chi connectivity index (χ0) is 17.5. The first-order chi connectivity index (χ1) is 12.3. The molecule has 1 aliphatic rings. The molecule has 1 aromatic heterocycles. The van der Waals surface area contributed by atoms with E-state index in [9.17, 15) is 0 Å². The highest BCUT2D eigenvalue weighted by Gasteiger charge is 2.15. The van der Waals surface area contributed by atoms with Gasteiger partial charge >= 0.3 is 0 Å². The van der Waals surface area contributed by atoms with E-state index in [0.717, 1.165) is 49.1 Å². The van der Waals surface area contributed by atoms with Gasteiger partial charge in [0.15, 0.2) is 5.96 Å². The van der Waals surface area contributed by atoms with Gasteiger partial charge in [-0.15, -0.1) is 24.0 Å². The first kappa shape index (κ1) is 20.2. The fourth-order valence-corrected chi connectivity index (χ4v) is 2.65. The molecular formula is C18H24IN5O2. The Morgan fingerprint density at radius 2 is 2.00 bits per heavy atom. The monoisotopic (exact) mass is 469 g/mol. The summed E-state index contributed by atoms with van der Waals surface area (Å²) in [4.78, 5) is 11.2. The van der Waals surface area contributed by atoms with Crippen LogP contribution in [0.3, 0.4) is 0 Å². The summed E-state index contributed by atoms with van der Waals surface area (Å²) in [6.45, 7) is 3.59. The summed E-state index contributed by atoms with van der Waals surface area (Å²) in [7, 11) is 1.64. The predicted octanol–water partition coefficient (Wildman–Crippen LogP) is 2.47. The third kappa shape index (κ3) is 5.46. The van der Waals surface area contributed by atoms with Gasteiger partial charge in [-0.25, -0.2) is 9.98 Å². The average Bonchev–Trinajstić information content (AvgIpc) is 2.68. The molecule has 0 spiro atoms. The van der Waals surface area contributed by atoms with Crippen molar-refractivity contribution in [2.24, 2.45) is 10.7 Å². The fraction of sp³-hybridized carbons (Fsp3) is 0.333. The first-order valence-electron chi connectivity index (χ1n) is 8.24. The van der Waals surface area contributed by atoms with Crippen molar-refractivity contribution >= 4 is 41.4 Å². The van der Waals surface area contributed by atoms with Crippen molar-refractivity contribution in [1.29, 1.82) is 0 Å². The fourth-order valence-electron chi connectivity index (χ4n) is 2.65. The summed E-state index contributed by atoms with van der Waals surface area (Å²) >= 11 is 0. The van der Waals surface area contributed by atoms with Gasteiger partial charge in [-0.1, -0.05) is 6.07 Å². The predicted molar refractivity (Wildman–Crippen MR) is 115 cm³/mol. The molecule has 26 heavy (non-hydrogen) atoms. The SMILES string of the molecule is COc1ccc(NC(N)=NCc2cccnc2N2CCOCC2)cc1.I. The number of nitrogens with one attached hydrogen (secondary N) is 1. The summed E-state index contributed by atoms with van der Waals surface area (Å²) in [5.41, 5.74) is 7.91. The molecule has 2 heterocycles. The van der Waals surface area contributed by atoms with Gasteiger partial charge in [-0.3, -0.25) is 0 Å². The molecule has 2 aromatic rings. The number of morpholine rings is 1. The van der Waals surface area contributed by atoms with E-state index in [2.05, 4.69) is 20.2 Å². The van der Waals surface area contributed by atoms with Gasteiger partial charge in [0, 0.05) is 30.5 Å². The Labute approximate surface area is 170 Å². The van der Waals surface area contributed by atoms with Crippen molar-refractivity contribution < 1.29 is 9.47 Å². The molecule has 1 saturated heterocycles. The largest absolute Gasteiger partial charge is 0.497 e. The Balaban J connectivity index is 0.00000243. The van der Waals surface area contributed by atoms with E-state index in [1.165, 1.54) is 0 Å². The van der Waals surface area contributed by atoms with Crippen LogP contribution in [0.4, 0.5) is 11.5 Å². The zero-order valence-electron chi connectivity index (χ0n) is 14.7. The molecule has 8 heteroatoms. The lowest BCUT2D eigenvalue weighted by atomic mass is 10.2. The highest BCUT2D eigenvalue weighted by Crippen LogP contribution is 2.19. The minimum Gasteiger partial charge on any atom is -0.497 e. The van der Waals surface area contributed by atoms with Crippen LogP contribution in [0.2, 0.25) is 0 Å². The summed E-state index contributed by atoms with van der Waals surface area (Å²) in [6.07, 6.45) is 1.80. The smallest absolute Gasteiger partial charge is 0.193 e. The molecule has 0 amide bonds. The Bertz CT molecular complexity index is 718. The number of benzene rings is 1. The van der Waals surface area contributed by atoms with Crippen LogP contribution < -0.4 is 20.7 Å². The molecule has 3 rings (SSSR count). The highest BCUT2D eigenvalue weighted by molar-refractivity contribution is 14.0. The van der Waals surface area contributed by atoms with Gasteiger partial charge in [-0.2, -0.15) is 0 Å².